The van der Waals surface area contributed by atoms with Crippen molar-refractivity contribution >= 4 is 0 Å². The van der Waals surface area contributed by atoms with E-state index in [1.807, 2.05) is 0 Å². The van der Waals surface area contributed by atoms with Crippen LogP contribution in [0.4, 0.5) is 0 Å². The molecule has 0 amide bonds. The molecule has 1 heterocycles. The van der Waals surface area contributed by atoms with Crippen molar-refractivity contribution in [3.63, 3.8) is 0 Å². The molecule has 1 unspecified atom stereocenters. The van der Waals surface area contributed by atoms with E-state index >= 15 is 0 Å². The molecule has 0 aliphatic carbocycles. The summed E-state index contributed by atoms with van der Waals surface area (Å²) in [5, 5.41) is 17.2. The highest BCUT2D eigenvalue weighted by Crippen LogP contribution is 2.14. The molecule has 1 aromatic heterocycles. The Morgan fingerprint density at radius 2 is 2.00 bits per heavy atom. The largest absolute Gasteiger partial charge is 0.395 e. The van der Waals surface area contributed by atoms with Gasteiger partial charge in [0.05, 0.1) is 18.3 Å². The van der Waals surface area contributed by atoms with Gasteiger partial charge in [-0.3, -0.25) is 4.68 Å². The maximum atomic E-state index is 9.26. The molecular formula is C14H27N3O. The van der Waals surface area contributed by atoms with E-state index in [9.17, 15) is 5.11 Å². The summed E-state index contributed by atoms with van der Waals surface area (Å²) < 4.78 is 2.06. The van der Waals surface area contributed by atoms with E-state index in [4.69, 9.17) is 0 Å². The van der Waals surface area contributed by atoms with E-state index in [0.717, 1.165) is 25.1 Å². The second-order valence-electron chi connectivity index (χ2n) is 5.17. The topological polar surface area (TPSA) is 50.1 Å². The normalized spacial score (nSPS) is 13.5. The molecule has 0 aromatic carbocycles. The summed E-state index contributed by atoms with van der Waals surface area (Å²) in [7, 11) is 0. The number of nitrogens with zero attached hydrogens (tertiary/aromatic N) is 2. The van der Waals surface area contributed by atoms with E-state index in [1.54, 1.807) is 0 Å². The minimum atomic E-state index is 0.142. The molecule has 0 spiro atoms. The van der Waals surface area contributed by atoms with Gasteiger partial charge >= 0.3 is 0 Å². The monoisotopic (exact) mass is 253 g/mol. The highest BCUT2D eigenvalue weighted by atomic mass is 16.3. The van der Waals surface area contributed by atoms with Gasteiger partial charge in [0.2, 0.25) is 0 Å². The molecule has 0 saturated carbocycles. The Balaban J connectivity index is 2.53. The lowest BCUT2D eigenvalue weighted by Gasteiger charge is -2.19. The molecule has 2 N–H and O–H groups in total. The lowest BCUT2D eigenvalue weighted by molar-refractivity contribution is 0.209. The maximum absolute atomic E-state index is 9.26. The van der Waals surface area contributed by atoms with E-state index in [1.165, 1.54) is 0 Å². The third-order valence-corrected chi connectivity index (χ3v) is 3.53. The smallest absolute Gasteiger partial charge is 0.0762 e. The molecule has 0 bridgehead atoms. The van der Waals surface area contributed by atoms with Gasteiger partial charge in [-0.1, -0.05) is 27.7 Å². The van der Waals surface area contributed by atoms with Crippen molar-refractivity contribution in [1.82, 2.24) is 15.1 Å². The van der Waals surface area contributed by atoms with Crippen LogP contribution in [0.3, 0.4) is 0 Å². The Morgan fingerprint density at radius 3 is 2.50 bits per heavy atom. The number of aliphatic hydroxyl groups excluding tert-OH is 1. The molecule has 1 rings (SSSR count). The van der Waals surface area contributed by atoms with E-state index in [2.05, 4.69) is 55.1 Å². The number of hydrogen-bond donors (Lipinski definition) is 2. The van der Waals surface area contributed by atoms with E-state index in [0.29, 0.717) is 12.0 Å². The first-order valence-corrected chi connectivity index (χ1v) is 7.00. The van der Waals surface area contributed by atoms with Crippen molar-refractivity contribution in [2.24, 2.45) is 5.92 Å². The van der Waals surface area contributed by atoms with Crippen LogP contribution < -0.4 is 5.32 Å². The van der Waals surface area contributed by atoms with E-state index in [-0.39, 0.29) is 12.6 Å². The molecular weight excluding hydrogens is 226 g/mol. The maximum Gasteiger partial charge on any atom is 0.0762 e. The molecule has 0 aliphatic heterocycles. The van der Waals surface area contributed by atoms with Crippen LogP contribution in [-0.4, -0.2) is 27.5 Å². The molecule has 0 radical (unpaired) electrons. The van der Waals surface area contributed by atoms with Gasteiger partial charge in [-0.05, 0) is 24.8 Å². The Hall–Kier alpha value is -0.870. The summed E-state index contributed by atoms with van der Waals surface area (Å²) in [6.45, 7) is 9.48. The molecule has 18 heavy (non-hydrogen) atoms. The summed E-state index contributed by atoms with van der Waals surface area (Å²) in [5.41, 5.74) is 1.04. The Bertz CT molecular complexity index is 332. The van der Waals surface area contributed by atoms with Gasteiger partial charge in [0.15, 0.2) is 0 Å². The second-order valence-corrected chi connectivity index (χ2v) is 5.17. The predicted molar refractivity (Wildman–Crippen MR) is 74.4 cm³/mol. The number of rotatable bonds is 8. The van der Waals surface area contributed by atoms with Crippen LogP contribution in [0.1, 0.15) is 52.3 Å². The van der Waals surface area contributed by atoms with Crippen LogP contribution in [0.2, 0.25) is 0 Å². The summed E-state index contributed by atoms with van der Waals surface area (Å²) >= 11 is 0. The highest BCUT2D eigenvalue weighted by molar-refractivity contribution is 4.99. The lowest BCUT2D eigenvalue weighted by Crippen LogP contribution is -2.36. The fourth-order valence-electron chi connectivity index (χ4n) is 2.08. The number of hydrogen-bond acceptors (Lipinski definition) is 3. The fourth-order valence-corrected chi connectivity index (χ4v) is 2.08. The van der Waals surface area contributed by atoms with Crippen molar-refractivity contribution in [3.05, 3.63) is 18.0 Å². The van der Waals surface area contributed by atoms with Gasteiger partial charge in [-0.15, -0.1) is 0 Å². The first-order chi connectivity index (χ1) is 8.62. The molecule has 0 aliphatic rings. The van der Waals surface area contributed by atoms with Crippen LogP contribution >= 0.6 is 0 Å². The molecule has 1 atom stereocenters. The zero-order valence-corrected chi connectivity index (χ0v) is 12.1. The van der Waals surface area contributed by atoms with Gasteiger partial charge in [-0.2, -0.15) is 5.10 Å². The zero-order valence-electron chi connectivity index (χ0n) is 12.1. The molecule has 0 saturated heterocycles. The second kappa shape index (κ2) is 7.54. The SMILES string of the molecule is CCC(CC)n1ccc(CNC(CO)C(C)C)n1. The third-order valence-electron chi connectivity index (χ3n) is 3.53. The van der Waals surface area contributed by atoms with Crippen LogP contribution in [0.15, 0.2) is 12.3 Å². The minimum absolute atomic E-state index is 0.142. The van der Waals surface area contributed by atoms with Gasteiger partial charge < -0.3 is 10.4 Å². The predicted octanol–water partition coefficient (Wildman–Crippen LogP) is 2.35. The number of aromatic nitrogens is 2. The van der Waals surface area contributed by atoms with Crippen molar-refractivity contribution in [1.29, 1.82) is 0 Å². The minimum Gasteiger partial charge on any atom is -0.395 e. The van der Waals surface area contributed by atoms with Crippen LogP contribution in [-0.2, 0) is 6.54 Å². The average Bonchev–Trinajstić information content (AvgIpc) is 2.80. The number of aliphatic hydroxyl groups is 1. The van der Waals surface area contributed by atoms with Crippen molar-refractivity contribution in [3.8, 4) is 0 Å². The van der Waals surface area contributed by atoms with E-state index < -0.39 is 0 Å². The van der Waals surface area contributed by atoms with Crippen molar-refractivity contribution in [2.45, 2.75) is 59.2 Å². The average molecular weight is 253 g/mol. The first-order valence-electron chi connectivity index (χ1n) is 7.00. The molecule has 0 fully saturated rings. The summed E-state index contributed by atoms with van der Waals surface area (Å²) in [5.74, 6) is 0.427. The Labute approximate surface area is 110 Å². The van der Waals surface area contributed by atoms with Crippen molar-refractivity contribution < 1.29 is 5.11 Å². The van der Waals surface area contributed by atoms with Crippen LogP contribution in [0, 0.1) is 5.92 Å². The Kier molecular flexibility index (Phi) is 6.36. The molecule has 104 valence electrons. The fraction of sp³-hybridized carbons (Fsp3) is 0.786. The third kappa shape index (κ3) is 4.10. The van der Waals surface area contributed by atoms with Gasteiger partial charge in [0, 0.05) is 18.8 Å². The van der Waals surface area contributed by atoms with Gasteiger partial charge in [0.25, 0.3) is 0 Å². The van der Waals surface area contributed by atoms with Gasteiger partial charge in [-0.25, -0.2) is 0 Å². The Morgan fingerprint density at radius 1 is 1.33 bits per heavy atom. The van der Waals surface area contributed by atoms with Gasteiger partial charge in [0.1, 0.15) is 0 Å². The molecule has 4 nitrogen and oxygen atoms in total. The highest BCUT2D eigenvalue weighted by Gasteiger charge is 2.12. The quantitative estimate of drug-likeness (QED) is 0.747. The summed E-state index contributed by atoms with van der Waals surface area (Å²) in [6.07, 6.45) is 4.27. The molecule has 1 aromatic rings. The molecule has 4 heteroatoms. The first kappa shape index (κ1) is 15.2. The zero-order chi connectivity index (χ0) is 13.5. The summed E-state index contributed by atoms with van der Waals surface area (Å²) in [6, 6.07) is 2.70. The number of nitrogens with one attached hydrogen (secondary N) is 1. The summed E-state index contributed by atoms with van der Waals surface area (Å²) in [4.78, 5) is 0. The standard InChI is InChI=1S/C14H27N3O/c1-5-13(6-2)17-8-7-12(16-17)9-15-14(10-18)11(3)4/h7-8,11,13-15,18H,5-6,9-10H2,1-4H3. The lowest BCUT2D eigenvalue weighted by atomic mass is 10.1. The van der Waals surface area contributed by atoms with Crippen LogP contribution in [0.25, 0.3) is 0 Å². The van der Waals surface area contributed by atoms with Crippen LogP contribution in [0.5, 0.6) is 0 Å². The van der Waals surface area contributed by atoms with Crippen molar-refractivity contribution in [2.75, 3.05) is 6.61 Å².